The van der Waals surface area contributed by atoms with Crippen molar-refractivity contribution < 1.29 is 4.42 Å². The predicted octanol–water partition coefficient (Wildman–Crippen LogP) is 16.7. The normalized spacial score (nSPS) is 12.5. The predicted molar refractivity (Wildman–Crippen MR) is 279 cm³/mol. The van der Waals surface area contributed by atoms with Crippen LogP contribution in [0.4, 0.5) is 0 Å². The highest BCUT2D eigenvalue weighted by Gasteiger charge is 2.47. The minimum atomic E-state index is -0.632. The van der Waals surface area contributed by atoms with Gasteiger partial charge in [-0.2, -0.15) is 0 Å². The molecule has 13 rings (SSSR count). The lowest BCUT2D eigenvalue weighted by atomic mass is 9.67. The summed E-state index contributed by atoms with van der Waals surface area (Å²) in [6.07, 6.45) is 0. The van der Waals surface area contributed by atoms with Crippen LogP contribution in [0.25, 0.3) is 100 Å². The van der Waals surface area contributed by atoms with Crippen molar-refractivity contribution in [3.63, 3.8) is 0 Å². The fourth-order valence-electron chi connectivity index (χ4n) is 10.8. The average Bonchev–Trinajstić information content (AvgIpc) is 3.96. The number of aromatic nitrogens is 2. The summed E-state index contributed by atoms with van der Waals surface area (Å²) in [5, 5.41) is 2.13. The van der Waals surface area contributed by atoms with Crippen LogP contribution in [-0.2, 0) is 5.41 Å². The quantitative estimate of drug-likeness (QED) is 0.153. The zero-order valence-corrected chi connectivity index (χ0v) is 37.1. The highest BCUT2D eigenvalue weighted by Crippen LogP contribution is 2.59. The van der Waals surface area contributed by atoms with E-state index in [4.69, 9.17) is 14.4 Å². The summed E-state index contributed by atoms with van der Waals surface area (Å²) in [7, 11) is 0. The number of benzene rings is 10. The van der Waals surface area contributed by atoms with Gasteiger partial charge >= 0.3 is 0 Å². The number of hydrogen-bond donors (Lipinski definition) is 0. The van der Waals surface area contributed by atoms with Crippen molar-refractivity contribution in [3.05, 3.63) is 277 Å². The molecule has 12 aromatic rings. The molecule has 0 N–H and O–H groups in total. The van der Waals surface area contributed by atoms with Gasteiger partial charge in [0.2, 0.25) is 0 Å². The first-order valence-corrected chi connectivity index (χ1v) is 23.2. The molecule has 2 aromatic heterocycles. The van der Waals surface area contributed by atoms with Gasteiger partial charge in [0.05, 0.1) is 16.8 Å². The molecule has 0 saturated heterocycles. The molecule has 0 radical (unpaired) electrons. The van der Waals surface area contributed by atoms with E-state index in [0.717, 1.165) is 72.3 Å². The van der Waals surface area contributed by atoms with Crippen LogP contribution >= 0.6 is 0 Å². The molecule has 0 bridgehead atoms. The standard InChI is InChI=1S/C65H42N2O/c1-5-19-43(20-6-1)45-35-37-46(38-36-45)50-27-13-14-28-51(50)59-42-60(55-31-17-30-53-52-29-15-16-34-61(52)68-63(53)55)67-64(66-59)56-32-18-33-57-62(56)54-40-39-47(44-21-7-2-8-22-44)41-58(54)65(57,48-23-9-3-10-24-48)49-25-11-4-12-26-49/h1-42H. The zero-order valence-electron chi connectivity index (χ0n) is 37.1. The molecule has 3 heteroatoms. The Bertz CT molecular complexity index is 3780. The van der Waals surface area contributed by atoms with E-state index in [2.05, 4.69) is 243 Å². The number of hydrogen-bond acceptors (Lipinski definition) is 3. The first kappa shape index (κ1) is 39.4. The molecule has 0 unspecified atom stereocenters. The molecule has 10 aromatic carbocycles. The summed E-state index contributed by atoms with van der Waals surface area (Å²) in [6.45, 7) is 0. The second-order valence-electron chi connectivity index (χ2n) is 17.6. The van der Waals surface area contributed by atoms with E-state index in [1.165, 1.54) is 44.5 Å². The smallest absolute Gasteiger partial charge is 0.161 e. The highest BCUT2D eigenvalue weighted by molar-refractivity contribution is 6.09. The maximum atomic E-state index is 6.70. The summed E-state index contributed by atoms with van der Waals surface area (Å²) in [5.41, 5.74) is 19.6. The second-order valence-corrected chi connectivity index (χ2v) is 17.6. The summed E-state index contributed by atoms with van der Waals surface area (Å²) < 4.78 is 6.70. The Labute approximate surface area is 395 Å². The lowest BCUT2D eigenvalue weighted by Crippen LogP contribution is -2.28. The molecule has 3 nitrogen and oxygen atoms in total. The first-order valence-electron chi connectivity index (χ1n) is 23.2. The van der Waals surface area contributed by atoms with Crippen LogP contribution in [0.3, 0.4) is 0 Å². The van der Waals surface area contributed by atoms with Crippen LogP contribution in [0.5, 0.6) is 0 Å². The van der Waals surface area contributed by atoms with Gasteiger partial charge in [-0.15, -0.1) is 0 Å². The maximum Gasteiger partial charge on any atom is 0.161 e. The van der Waals surface area contributed by atoms with Crippen molar-refractivity contribution in [2.24, 2.45) is 0 Å². The topological polar surface area (TPSA) is 38.9 Å². The van der Waals surface area contributed by atoms with Crippen LogP contribution in [0, 0.1) is 0 Å². The minimum absolute atomic E-state index is 0.632. The van der Waals surface area contributed by atoms with Crippen molar-refractivity contribution >= 4 is 21.9 Å². The van der Waals surface area contributed by atoms with Gasteiger partial charge in [0, 0.05) is 27.5 Å². The van der Waals surface area contributed by atoms with E-state index in [0.29, 0.717) is 5.82 Å². The van der Waals surface area contributed by atoms with E-state index in [9.17, 15) is 0 Å². The van der Waals surface area contributed by atoms with E-state index in [1.54, 1.807) is 0 Å². The molecule has 0 atom stereocenters. The third kappa shape index (κ3) is 6.35. The van der Waals surface area contributed by atoms with Crippen molar-refractivity contribution in [1.82, 2.24) is 9.97 Å². The fourth-order valence-corrected chi connectivity index (χ4v) is 10.8. The zero-order chi connectivity index (χ0) is 45.0. The summed E-state index contributed by atoms with van der Waals surface area (Å²) >= 11 is 0. The Morgan fingerprint density at radius 2 is 0.809 bits per heavy atom. The van der Waals surface area contributed by atoms with Gasteiger partial charge in [0.15, 0.2) is 5.82 Å². The van der Waals surface area contributed by atoms with Crippen molar-refractivity contribution in [2.75, 3.05) is 0 Å². The first-order chi connectivity index (χ1) is 33.7. The molecule has 2 heterocycles. The van der Waals surface area contributed by atoms with Gasteiger partial charge in [-0.25, -0.2) is 9.97 Å². The minimum Gasteiger partial charge on any atom is -0.455 e. The number of rotatable bonds is 8. The Hall–Kier alpha value is -8.92. The molecule has 1 aliphatic rings. The van der Waals surface area contributed by atoms with E-state index < -0.39 is 5.41 Å². The van der Waals surface area contributed by atoms with Gasteiger partial charge in [-0.05, 0) is 91.0 Å². The van der Waals surface area contributed by atoms with E-state index in [-0.39, 0.29) is 0 Å². The summed E-state index contributed by atoms with van der Waals surface area (Å²) in [6, 6.07) is 91.1. The molecule has 68 heavy (non-hydrogen) atoms. The molecule has 0 spiro atoms. The van der Waals surface area contributed by atoms with Crippen LogP contribution in [0.15, 0.2) is 259 Å². The van der Waals surface area contributed by atoms with Gasteiger partial charge in [-0.3, -0.25) is 0 Å². The monoisotopic (exact) mass is 866 g/mol. The summed E-state index contributed by atoms with van der Waals surface area (Å²) in [5.74, 6) is 0.645. The molecule has 0 fully saturated rings. The van der Waals surface area contributed by atoms with Gasteiger partial charge in [0.1, 0.15) is 11.2 Å². The van der Waals surface area contributed by atoms with E-state index in [1.807, 2.05) is 12.1 Å². The second kappa shape index (κ2) is 16.2. The third-order valence-electron chi connectivity index (χ3n) is 13.8. The number of nitrogens with zero attached hydrogens (tertiary/aromatic N) is 2. The van der Waals surface area contributed by atoms with Crippen LogP contribution in [0.2, 0.25) is 0 Å². The fraction of sp³-hybridized carbons (Fsp3) is 0.0154. The van der Waals surface area contributed by atoms with Crippen molar-refractivity contribution in [3.8, 4) is 78.4 Å². The Morgan fingerprint density at radius 1 is 0.309 bits per heavy atom. The van der Waals surface area contributed by atoms with Gasteiger partial charge in [0.25, 0.3) is 0 Å². The van der Waals surface area contributed by atoms with Crippen LogP contribution in [-0.4, -0.2) is 9.97 Å². The molecule has 0 aliphatic heterocycles. The lowest BCUT2D eigenvalue weighted by molar-refractivity contribution is 0.670. The summed E-state index contributed by atoms with van der Waals surface area (Å²) in [4.78, 5) is 11.2. The molecule has 0 amide bonds. The van der Waals surface area contributed by atoms with E-state index >= 15 is 0 Å². The Balaban J connectivity index is 1.08. The molecule has 318 valence electrons. The third-order valence-corrected chi connectivity index (χ3v) is 13.8. The number of para-hydroxylation sites is 2. The molecular weight excluding hydrogens is 825 g/mol. The molecule has 1 aliphatic carbocycles. The largest absolute Gasteiger partial charge is 0.455 e. The number of fused-ring (bicyclic) bond motifs is 6. The lowest BCUT2D eigenvalue weighted by Gasteiger charge is -2.34. The van der Waals surface area contributed by atoms with Crippen LogP contribution in [0.1, 0.15) is 22.3 Å². The van der Waals surface area contributed by atoms with Crippen LogP contribution < -0.4 is 0 Å². The maximum absolute atomic E-state index is 6.70. The Morgan fingerprint density at radius 3 is 1.51 bits per heavy atom. The highest BCUT2D eigenvalue weighted by atomic mass is 16.3. The molecule has 0 saturated carbocycles. The van der Waals surface area contributed by atoms with Gasteiger partial charge in [-0.1, -0.05) is 231 Å². The van der Waals surface area contributed by atoms with Crippen molar-refractivity contribution in [2.45, 2.75) is 5.41 Å². The number of furan rings is 1. The SMILES string of the molecule is c1ccc(-c2ccc(-c3ccccc3-c3cc(-c4cccc5c4oc4ccccc45)nc(-c4cccc5c4-c4ccc(-c6ccccc6)cc4C5(c4ccccc4)c4ccccc4)n3)cc2)cc1. The molecular formula is C65H42N2O. The van der Waals surface area contributed by atoms with Gasteiger partial charge < -0.3 is 4.42 Å². The Kier molecular flexibility index (Phi) is 9.40. The average molecular weight is 867 g/mol. The van der Waals surface area contributed by atoms with Crippen molar-refractivity contribution in [1.29, 1.82) is 0 Å².